The molecule has 2 aromatic carbocycles. The lowest BCUT2D eigenvalue weighted by Gasteiger charge is -2.08. The highest BCUT2D eigenvalue weighted by atomic mass is 19.4. The van der Waals surface area contributed by atoms with E-state index >= 15 is 0 Å². The van der Waals surface area contributed by atoms with E-state index in [2.05, 4.69) is 25.5 Å². The first-order valence-corrected chi connectivity index (χ1v) is 8.13. The zero-order valence-corrected chi connectivity index (χ0v) is 14.6. The van der Waals surface area contributed by atoms with Gasteiger partial charge in [0.1, 0.15) is 23.9 Å². The maximum absolute atomic E-state index is 12.8. The number of halogens is 4. The molecule has 0 aliphatic heterocycles. The first kappa shape index (κ1) is 20.0. The molecule has 0 saturated carbocycles. The van der Waals surface area contributed by atoms with Gasteiger partial charge in [-0.05, 0) is 53.7 Å². The van der Waals surface area contributed by atoms with Crippen molar-refractivity contribution in [3.8, 4) is 17.2 Å². The van der Waals surface area contributed by atoms with Crippen molar-refractivity contribution in [1.82, 2.24) is 25.5 Å². The molecule has 1 N–H and O–H groups in total. The summed E-state index contributed by atoms with van der Waals surface area (Å²) in [6.45, 7) is 0.264. The summed E-state index contributed by atoms with van der Waals surface area (Å²) in [4.78, 5) is 13.0. The number of carbonyl (C=O) groups excluding carboxylic acids is 1. The molecule has 1 amide bonds. The normalized spacial score (nSPS) is 11.2. The van der Waals surface area contributed by atoms with Gasteiger partial charge in [-0.1, -0.05) is 0 Å². The summed E-state index contributed by atoms with van der Waals surface area (Å²) in [7, 11) is 0. The van der Waals surface area contributed by atoms with Gasteiger partial charge in [0, 0.05) is 0 Å². The fourth-order valence-corrected chi connectivity index (χ4v) is 2.14. The molecule has 0 saturated heterocycles. The van der Waals surface area contributed by atoms with Crippen molar-refractivity contribution in [3.05, 3.63) is 60.2 Å². The Kier molecular flexibility index (Phi) is 5.90. The number of hydrogen-bond acceptors (Lipinski definition) is 6. The summed E-state index contributed by atoms with van der Waals surface area (Å²) in [5.74, 6) is -1.19. The Bertz CT molecular complexity index is 958. The molecule has 1 aromatic heterocycles. The maximum atomic E-state index is 12.8. The van der Waals surface area contributed by atoms with Gasteiger partial charge >= 0.3 is 6.36 Å². The second-order valence-corrected chi connectivity index (χ2v) is 5.50. The van der Waals surface area contributed by atoms with Crippen molar-refractivity contribution in [2.45, 2.75) is 6.36 Å². The Morgan fingerprint density at radius 2 is 1.69 bits per heavy atom. The molecule has 0 aliphatic rings. The molecule has 8 nitrogen and oxygen atoms in total. The van der Waals surface area contributed by atoms with Crippen LogP contribution in [0.2, 0.25) is 0 Å². The third-order valence-electron chi connectivity index (χ3n) is 3.39. The third kappa shape index (κ3) is 5.89. The van der Waals surface area contributed by atoms with E-state index in [1.165, 1.54) is 36.4 Å². The van der Waals surface area contributed by atoms with Gasteiger partial charge < -0.3 is 14.8 Å². The van der Waals surface area contributed by atoms with Crippen LogP contribution in [0.25, 0.3) is 5.69 Å². The minimum Gasteiger partial charge on any atom is -0.492 e. The van der Waals surface area contributed by atoms with Gasteiger partial charge in [-0.3, -0.25) is 4.79 Å². The van der Waals surface area contributed by atoms with Crippen LogP contribution in [-0.4, -0.2) is 45.6 Å². The number of benzene rings is 2. The zero-order chi connectivity index (χ0) is 20.9. The topological polar surface area (TPSA) is 91.2 Å². The fraction of sp³-hybridized carbons (Fsp3) is 0.176. The van der Waals surface area contributed by atoms with E-state index in [0.29, 0.717) is 5.75 Å². The number of rotatable bonds is 7. The van der Waals surface area contributed by atoms with Crippen LogP contribution in [0.5, 0.6) is 11.5 Å². The Morgan fingerprint density at radius 1 is 1.03 bits per heavy atom. The summed E-state index contributed by atoms with van der Waals surface area (Å²) >= 11 is 0. The van der Waals surface area contributed by atoms with Gasteiger partial charge in [0.2, 0.25) is 0 Å². The Morgan fingerprint density at radius 3 is 2.34 bits per heavy atom. The van der Waals surface area contributed by atoms with E-state index in [1.54, 1.807) is 0 Å². The summed E-state index contributed by atoms with van der Waals surface area (Å²) in [6, 6.07) is 10.1. The van der Waals surface area contributed by atoms with Gasteiger partial charge in [0.25, 0.3) is 11.7 Å². The lowest BCUT2D eigenvalue weighted by atomic mass is 10.3. The van der Waals surface area contributed by atoms with E-state index in [4.69, 9.17) is 4.74 Å². The SMILES string of the molecule is O=C(NCCOc1ccc(F)cc1)c1nnn(-c2ccc(OC(F)(F)F)cc2)n1. The summed E-state index contributed by atoms with van der Waals surface area (Å²) in [5, 5.41) is 13.7. The number of ether oxygens (including phenoxy) is 2. The van der Waals surface area contributed by atoms with Gasteiger partial charge in [-0.25, -0.2) is 4.39 Å². The molecule has 0 bridgehead atoms. The molecule has 1 heterocycles. The van der Waals surface area contributed by atoms with Crippen LogP contribution in [0, 0.1) is 5.82 Å². The van der Waals surface area contributed by atoms with Crippen LogP contribution < -0.4 is 14.8 Å². The number of amides is 1. The summed E-state index contributed by atoms with van der Waals surface area (Å²) in [5.41, 5.74) is 0.283. The van der Waals surface area contributed by atoms with Crippen molar-refractivity contribution in [1.29, 1.82) is 0 Å². The molecule has 3 aromatic rings. The average Bonchev–Trinajstić information content (AvgIpc) is 3.16. The first-order valence-electron chi connectivity index (χ1n) is 8.13. The summed E-state index contributed by atoms with van der Waals surface area (Å²) < 4.78 is 58.4. The molecule has 0 spiro atoms. The molecule has 0 atom stereocenters. The highest BCUT2D eigenvalue weighted by Gasteiger charge is 2.31. The monoisotopic (exact) mass is 411 g/mol. The summed E-state index contributed by atoms with van der Waals surface area (Å²) in [6.07, 6.45) is -4.79. The quantitative estimate of drug-likeness (QED) is 0.475. The molecule has 0 aliphatic carbocycles. The van der Waals surface area contributed by atoms with E-state index in [9.17, 15) is 22.4 Å². The number of carbonyl (C=O) groups is 1. The molecule has 12 heteroatoms. The van der Waals surface area contributed by atoms with Gasteiger partial charge in [0.15, 0.2) is 0 Å². The molecular weight excluding hydrogens is 398 g/mol. The van der Waals surface area contributed by atoms with Crippen molar-refractivity contribution in [2.75, 3.05) is 13.2 Å². The van der Waals surface area contributed by atoms with Crippen molar-refractivity contribution in [2.24, 2.45) is 0 Å². The van der Waals surface area contributed by atoms with Crippen LogP contribution in [-0.2, 0) is 0 Å². The van der Waals surface area contributed by atoms with Gasteiger partial charge in [0.05, 0.1) is 12.2 Å². The number of hydrogen-bond donors (Lipinski definition) is 1. The van der Waals surface area contributed by atoms with Crippen molar-refractivity contribution < 1.29 is 31.8 Å². The van der Waals surface area contributed by atoms with Crippen LogP contribution >= 0.6 is 0 Å². The van der Waals surface area contributed by atoms with E-state index < -0.39 is 18.0 Å². The second kappa shape index (κ2) is 8.54. The van der Waals surface area contributed by atoms with E-state index in [-0.39, 0.29) is 30.5 Å². The molecule has 0 unspecified atom stereocenters. The number of nitrogens with one attached hydrogen (secondary N) is 1. The predicted molar refractivity (Wildman–Crippen MR) is 90.1 cm³/mol. The number of alkyl halides is 3. The first-order chi connectivity index (χ1) is 13.8. The molecule has 152 valence electrons. The minimum absolute atomic E-state index is 0.131. The molecular formula is C17H13F4N5O3. The largest absolute Gasteiger partial charge is 0.573 e. The van der Waals surface area contributed by atoms with Crippen LogP contribution in [0.15, 0.2) is 48.5 Å². The predicted octanol–water partition coefficient (Wildman–Crippen LogP) is 2.51. The van der Waals surface area contributed by atoms with Crippen LogP contribution in [0.4, 0.5) is 17.6 Å². The second-order valence-electron chi connectivity index (χ2n) is 5.50. The number of nitrogens with zero attached hydrogens (tertiary/aromatic N) is 4. The molecule has 0 radical (unpaired) electrons. The minimum atomic E-state index is -4.79. The lowest BCUT2D eigenvalue weighted by molar-refractivity contribution is -0.274. The van der Waals surface area contributed by atoms with Gasteiger partial charge in [-0.2, -0.15) is 0 Å². The highest BCUT2D eigenvalue weighted by Crippen LogP contribution is 2.23. The van der Waals surface area contributed by atoms with Crippen LogP contribution in [0.3, 0.4) is 0 Å². The Labute approximate surface area is 161 Å². The zero-order valence-electron chi connectivity index (χ0n) is 14.6. The molecule has 3 rings (SSSR count). The van der Waals surface area contributed by atoms with E-state index in [0.717, 1.165) is 16.9 Å². The fourth-order valence-electron chi connectivity index (χ4n) is 2.14. The number of tetrazole rings is 1. The lowest BCUT2D eigenvalue weighted by Crippen LogP contribution is -2.29. The smallest absolute Gasteiger partial charge is 0.492 e. The number of aromatic nitrogens is 4. The van der Waals surface area contributed by atoms with Crippen molar-refractivity contribution >= 4 is 5.91 Å². The average molecular weight is 411 g/mol. The third-order valence-corrected chi connectivity index (χ3v) is 3.39. The Hall–Kier alpha value is -3.70. The Balaban J connectivity index is 1.51. The van der Waals surface area contributed by atoms with E-state index in [1.807, 2.05) is 0 Å². The van der Waals surface area contributed by atoms with Crippen molar-refractivity contribution in [3.63, 3.8) is 0 Å². The highest BCUT2D eigenvalue weighted by molar-refractivity contribution is 5.90. The molecule has 29 heavy (non-hydrogen) atoms. The standard InChI is InChI=1S/C17H13F4N5O3/c18-11-1-5-13(6-2-11)28-10-9-22-16(27)15-23-25-26(24-15)12-3-7-14(8-4-12)29-17(19,20)21/h1-8H,9-10H2,(H,22,27). The maximum Gasteiger partial charge on any atom is 0.573 e. The molecule has 0 fully saturated rings. The van der Waals surface area contributed by atoms with Crippen LogP contribution in [0.1, 0.15) is 10.6 Å². The van der Waals surface area contributed by atoms with Gasteiger partial charge in [-0.15, -0.1) is 28.2 Å².